The van der Waals surface area contributed by atoms with Crippen molar-refractivity contribution in [1.29, 1.82) is 0 Å². The molecule has 4 aromatic carbocycles. The Balaban J connectivity index is 1.35. The lowest BCUT2D eigenvalue weighted by atomic mass is 9.88. The molecule has 0 aromatic heterocycles. The third-order valence-corrected chi connectivity index (χ3v) is 6.88. The SMILES string of the molecule is Fc1ccc(COCC(c2cccc3ccccc23)N2CCC(c3ccccc3)CC2)cc1. The topological polar surface area (TPSA) is 12.5 Å². The molecule has 0 bridgehead atoms. The van der Waals surface area contributed by atoms with Gasteiger partial charge in [0.15, 0.2) is 0 Å². The summed E-state index contributed by atoms with van der Waals surface area (Å²) < 4.78 is 19.5. The molecule has 0 saturated carbocycles. The first-order valence-electron chi connectivity index (χ1n) is 11.9. The first-order chi connectivity index (χ1) is 16.3. The maximum absolute atomic E-state index is 13.3. The van der Waals surface area contributed by atoms with E-state index < -0.39 is 0 Å². The van der Waals surface area contributed by atoms with Crippen molar-refractivity contribution >= 4 is 10.8 Å². The van der Waals surface area contributed by atoms with Gasteiger partial charge >= 0.3 is 0 Å². The molecule has 5 rings (SSSR count). The first-order valence-corrected chi connectivity index (χ1v) is 11.9. The monoisotopic (exact) mass is 439 g/mol. The van der Waals surface area contributed by atoms with E-state index in [2.05, 4.69) is 77.7 Å². The Morgan fingerprint density at radius 3 is 2.27 bits per heavy atom. The van der Waals surface area contributed by atoms with Gasteiger partial charge < -0.3 is 4.74 Å². The van der Waals surface area contributed by atoms with E-state index in [4.69, 9.17) is 4.74 Å². The minimum absolute atomic E-state index is 0.188. The van der Waals surface area contributed by atoms with Crippen molar-refractivity contribution in [3.8, 4) is 0 Å². The Kier molecular flexibility index (Phi) is 6.80. The number of hydrogen-bond donors (Lipinski definition) is 0. The molecule has 1 heterocycles. The third-order valence-electron chi connectivity index (χ3n) is 6.88. The van der Waals surface area contributed by atoms with Gasteiger partial charge in [0.25, 0.3) is 0 Å². The molecular formula is C30H30FNO. The summed E-state index contributed by atoms with van der Waals surface area (Å²) in [6.07, 6.45) is 2.31. The number of nitrogens with zero attached hydrogens (tertiary/aromatic N) is 1. The average Bonchev–Trinajstić information content (AvgIpc) is 2.88. The van der Waals surface area contributed by atoms with Crippen LogP contribution in [0.4, 0.5) is 4.39 Å². The molecule has 33 heavy (non-hydrogen) atoms. The summed E-state index contributed by atoms with van der Waals surface area (Å²) in [5, 5.41) is 2.55. The average molecular weight is 440 g/mol. The van der Waals surface area contributed by atoms with Gasteiger partial charge in [0.1, 0.15) is 5.82 Å². The Labute approximate surface area is 195 Å². The van der Waals surface area contributed by atoms with Gasteiger partial charge in [0.05, 0.1) is 19.3 Å². The highest BCUT2D eigenvalue weighted by molar-refractivity contribution is 5.86. The van der Waals surface area contributed by atoms with Crippen molar-refractivity contribution in [2.75, 3.05) is 19.7 Å². The lowest BCUT2D eigenvalue weighted by Gasteiger charge is -2.38. The maximum Gasteiger partial charge on any atom is 0.123 e. The van der Waals surface area contributed by atoms with Gasteiger partial charge in [0, 0.05) is 0 Å². The molecule has 1 aliphatic heterocycles. The minimum atomic E-state index is -0.214. The number of fused-ring (bicyclic) bond motifs is 1. The maximum atomic E-state index is 13.3. The molecule has 0 radical (unpaired) electrons. The Hall–Kier alpha value is -3.01. The standard InChI is InChI=1S/C30H30FNO/c31-27-15-13-23(14-16-27)21-33-22-30(29-12-6-10-26-9-4-5-11-28(26)29)32-19-17-25(18-20-32)24-7-2-1-3-8-24/h1-16,25,30H,17-22H2. The van der Waals surface area contributed by atoms with Gasteiger partial charge in [-0.15, -0.1) is 0 Å². The number of benzene rings is 4. The summed E-state index contributed by atoms with van der Waals surface area (Å²) in [6, 6.07) is 32.9. The van der Waals surface area contributed by atoms with Crippen LogP contribution in [0.3, 0.4) is 0 Å². The number of piperidine rings is 1. The van der Waals surface area contributed by atoms with Crippen molar-refractivity contribution in [1.82, 2.24) is 4.90 Å². The third kappa shape index (κ3) is 5.16. The van der Waals surface area contributed by atoms with Crippen LogP contribution in [0.15, 0.2) is 97.1 Å². The number of ether oxygens (including phenoxy) is 1. The normalized spacial score (nSPS) is 16.2. The summed E-state index contributed by atoms with van der Waals surface area (Å²) in [5.74, 6) is 0.407. The zero-order chi connectivity index (χ0) is 22.5. The molecule has 0 aliphatic carbocycles. The largest absolute Gasteiger partial charge is 0.375 e. The molecular weight excluding hydrogens is 409 g/mol. The van der Waals surface area contributed by atoms with Crippen LogP contribution in [0.2, 0.25) is 0 Å². The second-order valence-corrected chi connectivity index (χ2v) is 8.95. The Bertz CT molecular complexity index is 1160. The van der Waals surface area contributed by atoms with E-state index in [-0.39, 0.29) is 11.9 Å². The highest BCUT2D eigenvalue weighted by atomic mass is 19.1. The Morgan fingerprint density at radius 2 is 1.48 bits per heavy atom. The number of hydrogen-bond acceptors (Lipinski definition) is 2. The summed E-state index contributed by atoms with van der Waals surface area (Å²) in [5.41, 5.74) is 3.77. The second-order valence-electron chi connectivity index (χ2n) is 8.95. The van der Waals surface area contributed by atoms with Crippen molar-refractivity contribution in [2.45, 2.75) is 31.4 Å². The van der Waals surface area contributed by atoms with E-state index in [0.717, 1.165) is 31.5 Å². The first kappa shape index (κ1) is 21.8. The van der Waals surface area contributed by atoms with Gasteiger partial charge in [0.2, 0.25) is 0 Å². The van der Waals surface area contributed by atoms with Crippen molar-refractivity contribution in [3.05, 3.63) is 120 Å². The number of halogens is 1. The van der Waals surface area contributed by atoms with Crippen LogP contribution in [-0.2, 0) is 11.3 Å². The van der Waals surface area contributed by atoms with Crippen LogP contribution in [-0.4, -0.2) is 24.6 Å². The molecule has 1 unspecified atom stereocenters. The van der Waals surface area contributed by atoms with Crippen molar-refractivity contribution < 1.29 is 9.13 Å². The van der Waals surface area contributed by atoms with Crippen LogP contribution in [0.25, 0.3) is 10.8 Å². The van der Waals surface area contributed by atoms with Crippen molar-refractivity contribution in [3.63, 3.8) is 0 Å². The molecule has 1 aliphatic rings. The fourth-order valence-corrected chi connectivity index (χ4v) is 5.07. The summed E-state index contributed by atoms with van der Waals surface area (Å²) >= 11 is 0. The number of rotatable bonds is 7. The fourth-order valence-electron chi connectivity index (χ4n) is 5.07. The molecule has 1 atom stereocenters. The summed E-state index contributed by atoms with van der Waals surface area (Å²) in [7, 11) is 0. The molecule has 1 fully saturated rings. The predicted octanol–water partition coefficient (Wildman–Crippen LogP) is 7.12. The lowest BCUT2D eigenvalue weighted by molar-refractivity contribution is 0.0391. The fraction of sp³-hybridized carbons (Fsp3) is 0.267. The molecule has 168 valence electrons. The van der Waals surface area contributed by atoms with Gasteiger partial charge in [-0.3, -0.25) is 4.90 Å². The van der Waals surface area contributed by atoms with Crippen molar-refractivity contribution in [2.24, 2.45) is 0 Å². The highest BCUT2D eigenvalue weighted by Crippen LogP contribution is 2.35. The molecule has 3 heteroatoms. The summed E-state index contributed by atoms with van der Waals surface area (Å²) in [4.78, 5) is 2.59. The molecule has 0 spiro atoms. The van der Waals surface area contributed by atoms with E-state index in [1.165, 1.54) is 34.0 Å². The van der Waals surface area contributed by atoms with Crippen LogP contribution in [0, 0.1) is 5.82 Å². The van der Waals surface area contributed by atoms with Gasteiger partial charge in [-0.25, -0.2) is 4.39 Å². The molecule has 1 saturated heterocycles. The predicted molar refractivity (Wildman–Crippen MR) is 133 cm³/mol. The summed E-state index contributed by atoms with van der Waals surface area (Å²) in [6.45, 7) is 3.20. The zero-order valence-corrected chi connectivity index (χ0v) is 18.9. The second kappa shape index (κ2) is 10.3. The zero-order valence-electron chi connectivity index (χ0n) is 18.9. The van der Waals surface area contributed by atoms with E-state index in [1.807, 2.05) is 0 Å². The van der Waals surface area contributed by atoms with E-state index in [0.29, 0.717) is 19.1 Å². The van der Waals surface area contributed by atoms with E-state index in [1.54, 1.807) is 12.1 Å². The van der Waals surface area contributed by atoms with Crippen LogP contribution >= 0.6 is 0 Å². The quantitative estimate of drug-likeness (QED) is 0.304. The van der Waals surface area contributed by atoms with Gasteiger partial charge in [-0.1, -0.05) is 84.9 Å². The smallest absolute Gasteiger partial charge is 0.123 e. The van der Waals surface area contributed by atoms with Crippen LogP contribution < -0.4 is 0 Å². The highest BCUT2D eigenvalue weighted by Gasteiger charge is 2.28. The molecule has 4 aromatic rings. The molecule has 2 nitrogen and oxygen atoms in total. The van der Waals surface area contributed by atoms with Gasteiger partial charge in [-0.05, 0) is 71.4 Å². The minimum Gasteiger partial charge on any atom is -0.375 e. The van der Waals surface area contributed by atoms with Gasteiger partial charge in [-0.2, -0.15) is 0 Å². The van der Waals surface area contributed by atoms with E-state index in [9.17, 15) is 4.39 Å². The van der Waals surface area contributed by atoms with E-state index >= 15 is 0 Å². The van der Waals surface area contributed by atoms with Crippen LogP contribution in [0.1, 0.15) is 41.5 Å². The Morgan fingerprint density at radius 1 is 0.788 bits per heavy atom. The lowest BCUT2D eigenvalue weighted by Crippen LogP contribution is -2.38. The van der Waals surface area contributed by atoms with Crippen LogP contribution in [0.5, 0.6) is 0 Å². The number of likely N-dealkylation sites (tertiary alicyclic amines) is 1. The molecule has 0 amide bonds. The molecule has 0 N–H and O–H groups in total.